The van der Waals surface area contributed by atoms with Gasteiger partial charge < -0.3 is 14.2 Å². The van der Waals surface area contributed by atoms with Gasteiger partial charge in [-0.25, -0.2) is 0 Å². The van der Waals surface area contributed by atoms with E-state index in [0.717, 1.165) is 55.7 Å². The van der Waals surface area contributed by atoms with Gasteiger partial charge in [0.1, 0.15) is 5.52 Å². The predicted octanol–water partition coefficient (Wildman–Crippen LogP) is 3.63. The van der Waals surface area contributed by atoms with Crippen LogP contribution >= 0.6 is 0 Å². The van der Waals surface area contributed by atoms with Crippen LogP contribution in [-0.2, 0) is 11.3 Å². The summed E-state index contributed by atoms with van der Waals surface area (Å²) in [6, 6.07) is 14.5. The van der Waals surface area contributed by atoms with E-state index in [0.29, 0.717) is 19.0 Å². The summed E-state index contributed by atoms with van der Waals surface area (Å²) >= 11 is 0. The third-order valence-electron chi connectivity index (χ3n) is 6.04. The number of pyridine rings is 1. The maximum Gasteiger partial charge on any atom is 0.298 e. The van der Waals surface area contributed by atoms with E-state index in [2.05, 4.69) is 14.9 Å². The fourth-order valence-corrected chi connectivity index (χ4v) is 4.63. The first kappa shape index (κ1) is 17.2. The SMILES string of the molecule is O=C1CC[C@]2(CCCN(c3nc4ccccc4o3)C2)CN1Cc1ccccn1. The van der Waals surface area contributed by atoms with Crippen molar-refractivity contribution >= 4 is 23.0 Å². The fraction of sp³-hybridized carbons (Fsp3) is 0.409. The molecule has 144 valence electrons. The van der Waals surface area contributed by atoms with E-state index < -0.39 is 0 Å². The van der Waals surface area contributed by atoms with Gasteiger partial charge in [0.15, 0.2) is 5.58 Å². The molecule has 2 aliphatic heterocycles. The Kier molecular flexibility index (Phi) is 4.26. The highest BCUT2D eigenvalue weighted by molar-refractivity contribution is 5.77. The molecule has 2 fully saturated rings. The molecule has 28 heavy (non-hydrogen) atoms. The standard InChI is InChI=1S/C22H24N4O2/c27-20-9-11-22(16-26(20)14-17-6-3-4-12-23-17)10-5-13-25(15-22)21-24-18-7-1-2-8-19(18)28-21/h1-4,6-8,12H,5,9-11,13-16H2/t22-/m0/s1. The number of likely N-dealkylation sites (tertiary alicyclic amines) is 1. The molecule has 1 aromatic carbocycles. The molecule has 0 unspecified atom stereocenters. The molecule has 0 saturated carbocycles. The molecule has 0 aliphatic carbocycles. The van der Waals surface area contributed by atoms with Crippen molar-refractivity contribution in [2.24, 2.45) is 5.41 Å². The predicted molar refractivity (Wildman–Crippen MR) is 107 cm³/mol. The summed E-state index contributed by atoms with van der Waals surface area (Å²) in [4.78, 5) is 25.9. The van der Waals surface area contributed by atoms with Crippen molar-refractivity contribution in [2.75, 3.05) is 24.5 Å². The number of benzene rings is 1. The number of piperidine rings is 2. The largest absolute Gasteiger partial charge is 0.423 e. The number of carbonyl (C=O) groups is 1. The molecule has 1 amide bonds. The van der Waals surface area contributed by atoms with Crippen LogP contribution in [0.15, 0.2) is 53.1 Å². The lowest BCUT2D eigenvalue weighted by Gasteiger charge is -2.47. The number of anilines is 1. The summed E-state index contributed by atoms with van der Waals surface area (Å²) in [5, 5.41) is 0. The zero-order chi connectivity index (χ0) is 19.0. The van der Waals surface area contributed by atoms with Gasteiger partial charge in [-0.2, -0.15) is 4.98 Å². The Bertz CT molecular complexity index is 953. The Morgan fingerprint density at radius 3 is 2.82 bits per heavy atom. The summed E-state index contributed by atoms with van der Waals surface area (Å²) in [5.41, 5.74) is 2.77. The van der Waals surface area contributed by atoms with Crippen LogP contribution in [0.1, 0.15) is 31.4 Å². The third kappa shape index (κ3) is 3.23. The molecular weight excluding hydrogens is 352 g/mol. The van der Waals surface area contributed by atoms with E-state index in [-0.39, 0.29) is 11.3 Å². The maximum atomic E-state index is 12.5. The van der Waals surface area contributed by atoms with Gasteiger partial charge >= 0.3 is 0 Å². The van der Waals surface area contributed by atoms with Crippen LogP contribution in [-0.4, -0.2) is 40.4 Å². The summed E-state index contributed by atoms with van der Waals surface area (Å²) in [6.45, 7) is 3.19. The number of nitrogens with zero attached hydrogens (tertiary/aromatic N) is 4. The quantitative estimate of drug-likeness (QED) is 0.698. The molecule has 1 atom stereocenters. The average molecular weight is 376 g/mol. The van der Waals surface area contributed by atoms with Crippen molar-refractivity contribution in [3.8, 4) is 0 Å². The van der Waals surface area contributed by atoms with Gasteiger partial charge in [-0.15, -0.1) is 0 Å². The van der Waals surface area contributed by atoms with Crippen LogP contribution in [0.25, 0.3) is 11.1 Å². The van der Waals surface area contributed by atoms with E-state index in [1.807, 2.05) is 47.4 Å². The van der Waals surface area contributed by atoms with Gasteiger partial charge in [0.05, 0.1) is 12.2 Å². The fourth-order valence-electron chi connectivity index (χ4n) is 4.63. The highest BCUT2D eigenvalue weighted by atomic mass is 16.4. The van der Waals surface area contributed by atoms with Gasteiger partial charge in [0.25, 0.3) is 6.01 Å². The Balaban J connectivity index is 1.36. The van der Waals surface area contributed by atoms with Crippen LogP contribution in [0.4, 0.5) is 6.01 Å². The lowest BCUT2D eigenvalue weighted by atomic mass is 9.73. The molecule has 6 nitrogen and oxygen atoms in total. The Labute approximate surface area is 164 Å². The van der Waals surface area contributed by atoms with Crippen LogP contribution in [0, 0.1) is 5.41 Å². The molecule has 0 radical (unpaired) electrons. The monoisotopic (exact) mass is 376 g/mol. The normalized spacial score (nSPS) is 22.9. The minimum Gasteiger partial charge on any atom is -0.423 e. The highest BCUT2D eigenvalue weighted by Crippen LogP contribution is 2.40. The average Bonchev–Trinajstić information content (AvgIpc) is 3.16. The lowest BCUT2D eigenvalue weighted by Crippen LogP contribution is -2.54. The zero-order valence-corrected chi connectivity index (χ0v) is 15.9. The minimum atomic E-state index is 0.0988. The van der Waals surface area contributed by atoms with Crippen molar-refractivity contribution in [3.63, 3.8) is 0 Å². The van der Waals surface area contributed by atoms with Gasteiger partial charge in [0.2, 0.25) is 5.91 Å². The van der Waals surface area contributed by atoms with E-state index in [4.69, 9.17) is 4.42 Å². The molecule has 2 saturated heterocycles. The molecule has 4 heterocycles. The topological polar surface area (TPSA) is 62.5 Å². The van der Waals surface area contributed by atoms with Crippen LogP contribution in [0.3, 0.4) is 0 Å². The first-order valence-corrected chi connectivity index (χ1v) is 9.99. The van der Waals surface area contributed by atoms with E-state index in [1.54, 1.807) is 6.20 Å². The Morgan fingerprint density at radius 1 is 1.07 bits per heavy atom. The smallest absolute Gasteiger partial charge is 0.298 e. The summed E-state index contributed by atoms with van der Waals surface area (Å²) in [5.74, 6) is 0.232. The first-order chi connectivity index (χ1) is 13.7. The number of carbonyl (C=O) groups excluding carboxylic acids is 1. The molecule has 0 N–H and O–H groups in total. The van der Waals surface area contributed by atoms with Crippen molar-refractivity contribution in [3.05, 3.63) is 54.4 Å². The van der Waals surface area contributed by atoms with Crippen molar-refractivity contribution in [1.29, 1.82) is 0 Å². The summed E-state index contributed by atoms with van der Waals surface area (Å²) < 4.78 is 6.01. The zero-order valence-electron chi connectivity index (χ0n) is 15.9. The molecule has 3 aromatic rings. The van der Waals surface area contributed by atoms with Crippen molar-refractivity contribution in [1.82, 2.24) is 14.9 Å². The van der Waals surface area contributed by atoms with Gasteiger partial charge in [0, 0.05) is 37.7 Å². The third-order valence-corrected chi connectivity index (χ3v) is 6.04. The number of para-hydroxylation sites is 2. The number of rotatable bonds is 3. The van der Waals surface area contributed by atoms with Gasteiger partial charge in [-0.3, -0.25) is 9.78 Å². The number of amides is 1. The van der Waals surface area contributed by atoms with E-state index in [1.165, 1.54) is 0 Å². The molecule has 6 heteroatoms. The lowest BCUT2D eigenvalue weighted by molar-refractivity contribution is -0.138. The number of hydrogen-bond acceptors (Lipinski definition) is 5. The Morgan fingerprint density at radius 2 is 1.96 bits per heavy atom. The summed E-state index contributed by atoms with van der Waals surface area (Å²) in [7, 11) is 0. The molecule has 0 bridgehead atoms. The van der Waals surface area contributed by atoms with E-state index >= 15 is 0 Å². The number of hydrogen-bond donors (Lipinski definition) is 0. The highest BCUT2D eigenvalue weighted by Gasteiger charge is 2.42. The number of fused-ring (bicyclic) bond motifs is 1. The van der Waals surface area contributed by atoms with Gasteiger partial charge in [-0.1, -0.05) is 18.2 Å². The second-order valence-corrected chi connectivity index (χ2v) is 8.06. The van der Waals surface area contributed by atoms with Crippen LogP contribution in [0.2, 0.25) is 0 Å². The van der Waals surface area contributed by atoms with Crippen LogP contribution in [0.5, 0.6) is 0 Å². The van der Waals surface area contributed by atoms with Crippen LogP contribution < -0.4 is 4.90 Å². The summed E-state index contributed by atoms with van der Waals surface area (Å²) in [6.07, 6.45) is 5.55. The number of aromatic nitrogens is 2. The van der Waals surface area contributed by atoms with E-state index in [9.17, 15) is 4.79 Å². The first-order valence-electron chi connectivity index (χ1n) is 9.99. The minimum absolute atomic E-state index is 0.0988. The molecule has 2 aliphatic rings. The molecular formula is C22H24N4O2. The van der Waals surface area contributed by atoms with Crippen molar-refractivity contribution in [2.45, 2.75) is 32.2 Å². The van der Waals surface area contributed by atoms with Gasteiger partial charge in [-0.05, 0) is 43.5 Å². The molecule has 1 spiro atoms. The second kappa shape index (κ2) is 6.93. The Hall–Kier alpha value is -2.89. The maximum absolute atomic E-state index is 12.5. The molecule has 5 rings (SSSR count). The second-order valence-electron chi connectivity index (χ2n) is 8.06. The molecule has 2 aromatic heterocycles. The number of oxazole rings is 1. The van der Waals surface area contributed by atoms with Crippen molar-refractivity contribution < 1.29 is 9.21 Å².